The molecule has 51 heavy (non-hydrogen) atoms. The molecular weight excluding hydrogens is 625 g/mol. The summed E-state index contributed by atoms with van der Waals surface area (Å²) in [6, 6.07) is 54.3. The van der Waals surface area contributed by atoms with Crippen LogP contribution in [0.5, 0.6) is 0 Å². The summed E-state index contributed by atoms with van der Waals surface area (Å²) in [5.74, 6) is 1.90. The van der Waals surface area contributed by atoms with Gasteiger partial charge in [0.2, 0.25) is 0 Å². The first-order chi connectivity index (χ1) is 24.7. The number of rotatable bonds is 7. The standard InChI is InChI=1S/C45H38BN3O2/c1-44(2)45(3,4)51-46(50-44)40-20-12-18-38(30-40)34-23-21-33(22-24-34)37-17-11-19-39(29-37)43-48-41(35-15-9-6-10-16-35)47-42(49-43)36-27-25-32(26-28-36)31-13-7-5-8-14-31/h5-30H,1-4H3. The highest BCUT2D eigenvalue weighted by Gasteiger charge is 2.51. The molecule has 0 saturated carbocycles. The van der Waals surface area contributed by atoms with Crippen molar-refractivity contribution in [3.63, 3.8) is 0 Å². The summed E-state index contributed by atoms with van der Waals surface area (Å²) in [4.78, 5) is 14.9. The van der Waals surface area contributed by atoms with Gasteiger partial charge < -0.3 is 9.31 Å². The van der Waals surface area contributed by atoms with Gasteiger partial charge in [-0.15, -0.1) is 0 Å². The number of benzene rings is 6. The van der Waals surface area contributed by atoms with Crippen LogP contribution in [-0.2, 0) is 9.31 Å². The topological polar surface area (TPSA) is 57.1 Å². The lowest BCUT2D eigenvalue weighted by molar-refractivity contribution is 0.00578. The number of nitrogens with zero attached hydrogens (tertiary/aromatic N) is 3. The molecule has 2 heterocycles. The van der Waals surface area contributed by atoms with Crippen LogP contribution in [0, 0.1) is 0 Å². The van der Waals surface area contributed by atoms with Crippen LogP contribution in [-0.4, -0.2) is 33.3 Å². The SMILES string of the molecule is CC1(C)OB(c2cccc(-c3ccc(-c4cccc(-c5nc(-c6ccccc6)nc(-c6ccc(-c7ccccc7)cc6)n5)c4)cc3)c2)OC1(C)C. The van der Waals surface area contributed by atoms with E-state index in [1.165, 1.54) is 5.56 Å². The zero-order chi connectivity index (χ0) is 35.0. The van der Waals surface area contributed by atoms with E-state index in [1.54, 1.807) is 0 Å². The van der Waals surface area contributed by atoms with Gasteiger partial charge in [-0.1, -0.05) is 152 Å². The highest BCUT2D eigenvalue weighted by atomic mass is 16.7. The first kappa shape index (κ1) is 32.5. The largest absolute Gasteiger partial charge is 0.494 e. The molecule has 5 nitrogen and oxygen atoms in total. The third-order valence-corrected chi connectivity index (χ3v) is 10.0. The predicted octanol–water partition coefficient (Wildman–Crippen LogP) is 10.2. The maximum Gasteiger partial charge on any atom is 0.494 e. The molecule has 0 aliphatic carbocycles. The number of hydrogen-bond acceptors (Lipinski definition) is 5. The molecule has 1 aliphatic rings. The van der Waals surface area contributed by atoms with Gasteiger partial charge >= 0.3 is 7.12 Å². The van der Waals surface area contributed by atoms with Crippen molar-refractivity contribution in [1.82, 2.24) is 15.0 Å². The van der Waals surface area contributed by atoms with E-state index in [2.05, 4.69) is 149 Å². The van der Waals surface area contributed by atoms with Crippen LogP contribution < -0.4 is 5.46 Å². The Bertz CT molecular complexity index is 2290. The first-order valence-corrected chi connectivity index (χ1v) is 17.4. The fraction of sp³-hybridized carbons (Fsp3) is 0.133. The zero-order valence-corrected chi connectivity index (χ0v) is 29.2. The molecular formula is C45H38BN3O2. The van der Waals surface area contributed by atoms with Gasteiger partial charge in [-0.05, 0) is 72.6 Å². The van der Waals surface area contributed by atoms with Crippen molar-refractivity contribution in [3.8, 4) is 67.5 Å². The lowest BCUT2D eigenvalue weighted by atomic mass is 9.78. The Labute approximate surface area is 300 Å². The molecule has 1 fully saturated rings. The summed E-state index contributed by atoms with van der Waals surface area (Å²) in [6.45, 7) is 8.32. The van der Waals surface area contributed by atoms with Crippen molar-refractivity contribution in [2.75, 3.05) is 0 Å². The van der Waals surface area contributed by atoms with Gasteiger partial charge in [-0.2, -0.15) is 0 Å². The molecule has 1 aromatic heterocycles. The van der Waals surface area contributed by atoms with Crippen LogP contribution in [0.1, 0.15) is 27.7 Å². The van der Waals surface area contributed by atoms with Crippen LogP contribution in [0.2, 0.25) is 0 Å². The molecule has 7 aromatic rings. The normalized spacial score (nSPS) is 14.8. The summed E-state index contributed by atoms with van der Waals surface area (Å²) in [5, 5.41) is 0. The van der Waals surface area contributed by atoms with Crippen molar-refractivity contribution >= 4 is 12.6 Å². The molecule has 8 rings (SSSR count). The van der Waals surface area contributed by atoms with E-state index >= 15 is 0 Å². The minimum Gasteiger partial charge on any atom is -0.399 e. The van der Waals surface area contributed by atoms with Crippen molar-refractivity contribution < 1.29 is 9.31 Å². The molecule has 1 aliphatic heterocycles. The van der Waals surface area contributed by atoms with Crippen LogP contribution in [0.25, 0.3) is 67.5 Å². The molecule has 0 radical (unpaired) electrons. The second-order valence-electron chi connectivity index (χ2n) is 14.0. The zero-order valence-electron chi connectivity index (χ0n) is 29.2. The van der Waals surface area contributed by atoms with E-state index in [0.29, 0.717) is 17.5 Å². The molecule has 0 spiro atoms. The maximum absolute atomic E-state index is 6.32. The third kappa shape index (κ3) is 6.64. The van der Waals surface area contributed by atoms with Gasteiger partial charge in [0.1, 0.15) is 0 Å². The van der Waals surface area contributed by atoms with Gasteiger partial charge in [-0.25, -0.2) is 15.0 Å². The van der Waals surface area contributed by atoms with Crippen LogP contribution in [0.4, 0.5) is 0 Å². The van der Waals surface area contributed by atoms with Crippen LogP contribution >= 0.6 is 0 Å². The highest BCUT2D eigenvalue weighted by molar-refractivity contribution is 6.62. The fourth-order valence-electron chi connectivity index (χ4n) is 6.33. The Morgan fingerprint density at radius 2 is 0.706 bits per heavy atom. The quantitative estimate of drug-likeness (QED) is 0.159. The second-order valence-corrected chi connectivity index (χ2v) is 14.0. The van der Waals surface area contributed by atoms with E-state index in [0.717, 1.165) is 50.0 Å². The fourth-order valence-corrected chi connectivity index (χ4v) is 6.33. The average Bonchev–Trinajstić information content (AvgIpc) is 3.41. The molecule has 6 aromatic carbocycles. The van der Waals surface area contributed by atoms with E-state index in [4.69, 9.17) is 24.3 Å². The Morgan fingerprint density at radius 1 is 0.353 bits per heavy atom. The molecule has 248 valence electrons. The van der Waals surface area contributed by atoms with Crippen molar-refractivity contribution in [3.05, 3.63) is 158 Å². The number of aromatic nitrogens is 3. The minimum atomic E-state index is -0.399. The lowest BCUT2D eigenvalue weighted by Gasteiger charge is -2.32. The van der Waals surface area contributed by atoms with Gasteiger partial charge in [0, 0.05) is 16.7 Å². The smallest absolute Gasteiger partial charge is 0.399 e. The summed E-state index contributed by atoms with van der Waals surface area (Å²) >= 11 is 0. The number of hydrogen-bond donors (Lipinski definition) is 0. The molecule has 0 bridgehead atoms. The molecule has 0 amide bonds. The summed E-state index contributed by atoms with van der Waals surface area (Å²) in [7, 11) is -0.399. The Morgan fingerprint density at radius 3 is 1.25 bits per heavy atom. The van der Waals surface area contributed by atoms with E-state index < -0.39 is 7.12 Å². The van der Waals surface area contributed by atoms with E-state index in [-0.39, 0.29) is 11.2 Å². The monoisotopic (exact) mass is 663 g/mol. The van der Waals surface area contributed by atoms with Crippen molar-refractivity contribution in [2.24, 2.45) is 0 Å². The van der Waals surface area contributed by atoms with Crippen LogP contribution in [0.15, 0.2) is 158 Å². The minimum absolute atomic E-state index is 0.385. The molecule has 1 saturated heterocycles. The predicted molar refractivity (Wildman–Crippen MR) is 208 cm³/mol. The Hall–Kier alpha value is -5.69. The van der Waals surface area contributed by atoms with Crippen LogP contribution in [0.3, 0.4) is 0 Å². The van der Waals surface area contributed by atoms with E-state index in [1.807, 2.05) is 36.4 Å². The van der Waals surface area contributed by atoms with Gasteiger partial charge in [0.15, 0.2) is 17.5 Å². The van der Waals surface area contributed by atoms with Gasteiger partial charge in [0.05, 0.1) is 11.2 Å². The second kappa shape index (κ2) is 13.2. The first-order valence-electron chi connectivity index (χ1n) is 17.4. The molecule has 0 unspecified atom stereocenters. The maximum atomic E-state index is 6.32. The Kier molecular flexibility index (Phi) is 8.43. The van der Waals surface area contributed by atoms with Crippen molar-refractivity contribution in [1.29, 1.82) is 0 Å². The summed E-state index contributed by atoms with van der Waals surface area (Å²) in [5.41, 5.74) is 9.80. The van der Waals surface area contributed by atoms with Gasteiger partial charge in [0.25, 0.3) is 0 Å². The highest BCUT2D eigenvalue weighted by Crippen LogP contribution is 2.37. The average molecular weight is 664 g/mol. The van der Waals surface area contributed by atoms with E-state index in [9.17, 15) is 0 Å². The Balaban J connectivity index is 1.09. The summed E-state index contributed by atoms with van der Waals surface area (Å²) < 4.78 is 12.6. The van der Waals surface area contributed by atoms with Crippen molar-refractivity contribution in [2.45, 2.75) is 38.9 Å². The third-order valence-electron chi connectivity index (χ3n) is 10.0. The lowest BCUT2D eigenvalue weighted by Crippen LogP contribution is -2.41. The summed E-state index contributed by atoms with van der Waals surface area (Å²) in [6.07, 6.45) is 0. The molecule has 0 atom stereocenters. The van der Waals surface area contributed by atoms with Gasteiger partial charge in [-0.3, -0.25) is 0 Å². The molecule has 6 heteroatoms. The molecule has 0 N–H and O–H groups in total.